The van der Waals surface area contributed by atoms with E-state index in [2.05, 4.69) is 50.6 Å². The van der Waals surface area contributed by atoms with Gasteiger partial charge in [-0.25, -0.2) is 0 Å². The molecule has 1 saturated carbocycles. The fourth-order valence-corrected chi connectivity index (χ4v) is 3.59. The average molecular weight is 372 g/mol. The van der Waals surface area contributed by atoms with Crippen molar-refractivity contribution in [2.24, 2.45) is 11.8 Å². The minimum atomic E-state index is -0.0487. The van der Waals surface area contributed by atoms with Gasteiger partial charge < -0.3 is 5.32 Å². The predicted octanol–water partition coefficient (Wildman–Crippen LogP) is 3.20. The molecule has 0 spiro atoms. The first-order valence-electron chi connectivity index (χ1n) is 9.05. The highest BCUT2D eigenvalue weighted by atomic mass is 35.5. The number of amides is 1. The highest BCUT2D eigenvalue weighted by Crippen LogP contribution is 2.32. The molecule has 0 unspecified atom stereocenters. The second-order valence-electron chi connectivity index (χ2n) is 7.17. The molecule has 1 heterocycles. The van der Waals surface area contributed by atoms with E-state index in [-0.39, 0.29) is 5.91 Å². The highest BCUT2D eigenvalue weighted by Gasteiger charge is 2.24. The third-order valence-electron chi connectivity index (χ3n) is 5.00. The van der Waals surface area contributed by atoms with Crippen molar-refractivity contribution in [3.8, 4) is 0 Å². The highest BCUT2D eigenvalue weighted by molar-refractivity contribution is 6.35. The monoisotopic (exact) mass is 371 g/mol. The van der Waals surface area contributed by atoms with Crippen LogP contribution in [-0.4, -0.2) is 22.6 Å². The number of benzene rings is 1. The first-order chi connectivity index (χ1) is 12.7. The molecule has 1 amide bonds. The Bertz CT molecular complexity index is 783. The Morgan fingerprint density at radius 1 is 1.15 bits per heavy atom. The third kappa shape index (κ3) is 4.07. The summed E-state index contributed by atoms with van der Waals surface area (Å²) >= 11 is 6.41. The molecule has 0 radical (unpaired) electrons. The lowest BCUT2D eigenvalue weighted by molar-refractivity contribution is -0.120. The van der Waals surface area contributed by atoms with E-state index in [4.69, 9.17) is 11.6 Å². The predicted molar refractivity (Wildman–Crippen MR) is 102 cm³/mol. The molecule has 1 aromatic heterocycles. The van der Waals surface area contributed by atoms with Crippen molar-refractivity contribution in [1.29, 1.82) is 0 Å². The zero-order chi connectivity index (χ0) is 17.9. The molecule has 0 bridgehead atoms. The summed E-state index contributed by atoms with van der Waals surface area (Å²) < 4.78 is 0. The lowest BCUT2D eigenvalue weighted by Crippen LogP contribution is -2.30. The zero-order valence-corrected chi connectivity index (χ0v) is 15.2. The Balaban J connectivity index is 1.31. The first-order valence-corrected chi connectivity index (χ1v) is 9.43. The summed E-state index contributed by atoms with van der Waals surface area (Å²) in [5, 5.41) is 11.7. The molecule has 136 valence electrons. The van der Waals surface area contributed by atoms with E-state index in [0.717, 1.165) is 37.9 Å². The van der Waals surface area contributed by atoms with Crippen molar-refractivity contribution in [3.63, 3.8) is 0 Å². The molecule has 0 atom stereocenters. The Morgan fingerprint density at radius 2 is 1.88 bits per heavy atom. The number of hydrogen-bond donors (Lipinski definition) is 3. The molecular formula is C19H22ClN5O. The number of nitrogens with zero attached hydrogens (tertiary/aromatic N) is 2. The number of carbonyl (C=O) groups is 1. The SMILES string of the molecule is O=C(CC1CC1)NNc1nncc(NCC2Cc3ccccc3C2)c1Cl. The number of anilines is 2. The molecule has 2 aromatic rings. The number of rotatable bonds is 7. The molecule has 6 nitrogen and oxygen atoms in total. The summed E-state index contributed by atoms with van der Waals surface area (Å²) in [5.41, 5.74) is 9.01. The van der Waals surface area contributed by atoms with E-state index in [1.54, 1.807) is 6.20 Å². The van der Waals surface area contributed by atoms with Gasteiger partial charge in [-0.2, -0.15) is 5.10 Å². The van der Waals surface area contributed by atoms with Crippen LogP contribution in [0.2, 0.25) is 5.02 Å². The van der Waals surface area contributed by atoms with Gasteiger partial charge in [0.05, 0.1) is 11.9 Å². The normalized spacial score (nSPS) is 16.2. The van der Waals surface area contributed by atoms with Crippen molar-refractivity contribution in [1.82, 2.24) is 15.6 Å². The maximum atomic E-state index is 11.8. The maximum Gasteiger partial charge on any atom is 0.238 e. The van der Waals surface area contributed by atoms with Crippen LogP contribution >= 0.6 is 11.6 Å². The van der Waals surface area contributed by atoms with E-state index in [9.17, 15) is 4.79 Å². The minimum absolute atomic E-state index is 0.0487. The molecular weight excluding hydrogens is 350 g/mol. The van der Waals surface area contributed by atoms with Gasteiger partial charge in [0.1, 0.15) is 5.02 Å². The second kappa shape index (κ2) is 7.50. The number of hydrazine groups is 1. The Kier molecular flexibility index (Phi) is 4.93. The fraction of sp³-hybridized carbons (Fsp3) is 0.421. The van der Waals surface area contributed by atoms with E-state index in [0.29, 0.717) is 29.1 Å². The quantitative estimate of drug-likeness (QED) is 0.651. The Labute approximate surface area is 157 Å². The van der Waals surface area contributed by atoms with Gasteiger partial charge in [-0.05, 0) is 48.6 Å². The van der Waals surface area contributed by atoms with Crippen molar-refractivity contribution in [3.05, 3.63) is 46.6 Å². The lowest BCUT2D eigenvalue weighted by atomic mass is 10.1. The van der Waals surface area contributed by atoms with Crippen LogP contribution in [0.4, 0.5) is 11.5 Å². The number of aromatic nitrogens is 2. The summed E-state index contributed by atoms with van der Waals surface area (Å²) in [6.07, 6.45) is 6.57. The molecule has 0 saturated heterocycles. The van der Waals surface area contributed by atoms with Gasteiger partial charge in [-0.3, -0.25) is 15.6 Å². The number of fused-ring (bicyclic) bond motifs is 1. The van der Waals surface area contributed by atoms with E-state index >= 15 is 0 Å². The molecule has 0 aliphatic heterocycles. The van der Waals surface area contributed by atoms with Crippen LogP contribution in [0.1, 0.15) is 30.4 Å². The van der Waals surface area contributed by atoms with Crippen LogP contribution in [0.25, 0.3) is 0 Å². The van der Waals surface area contributed by atoms with Crippen molar-refractivity contribution in [2.75, 3.05) is 17.3 Å². The minimum Gasteiger partial charge on any atom is -0.382 e. The van der Waals surface area contributed by atoms with Gasteiger partial charge in [0.25, 0.3) is 0 Å². The van der Waals surface area contributed by atoms with Crippen LogP contribution in [-0.2, 0) is 17.6 Å². The number of hydrogen-bond acceptors (Lipinski definition) is 5. The molecule has 2 aliphatic rings. The van der Waals surface area contributed by atoms with Gasteiger partial charge in [0.15, 0.2) is 5.82 Å². The summed E-state index contributed by atoms with van der Waals surface area (Å²) in [6, 6.07) is 8.58. The molecule has 1 aromatic carbocycles. The lowest BCUT2D eigenvalue weighted by Gasteiger charge is -2.14. The molecule has 3 N–H and O–H groups in total. The van der Waals surface area contributed by atoms with Gasteiger partial charge in [-0.15, -0.1) is 5.10 Å². The molecule has 1 fully saturated rings. The molecule has 2 aliphatic carbocycles. The van der Waals surface area contributed by atoms with Crippen LogP contribution in [0.15, 0.2) is 30.5 Å². The van der Waals surface area contributed by atoms with Crippen molar-refractivity contribution >= 4 is 29.0 Å². The van der Waals surface area contributed by atoms with E-state index in [1.807, 2.05) is 0 Å². The molecule has 4 rings (SSSR count). The van der Waals surface area contributed by atoms with Gasteiger partial charge in [-0.1, -0.05) is 35.9 Å². The summed E-state index contributed by atoms with van der Waals surface area (Å²) in [5.74, 6) is 1.37. The first kappa shape index (κ1) is 17.1. The van der Waals surface area contributed by atoms with Crippen LogP contribution in [0, 0.1) is 11.8 Å². The Hall–Kier alpha value is -2.34. The van der Waals surface area contributed by atoms with Crippen LogP contribution in [0.3, 0.4) is 0 Å². The van der Waals surface area contributed by atoms with Crippen LogP contribution in [0.5, 0.6) is 0 Å². The summed E-state index contributed by atoms with van der Waals surface area (Å²) in [7, 11) is 0. The number of carbonyl (C=O) groups excluding carboxylic acids is 1. The zero-order valence-electron chi connectivity index (χ0n) is 14.5. The molecule has 7 heteroatoms. The third-order valence-corrected chi connectivity index (χ3v) is 5.38. The number of halogens is 1. The summed E-state index contributed by atoms with van der Waals surface area (Å²) in [6.45, 7) is 0.813. The van der Waals surface area contributed by atoms with Crippen LogP contribution < -0.4 is 16.2 Å². The molecule has 26 heavy (non-hydrogen) atoms. The summed E-state index contributed by atoms with van der Waals surface area (Å²) in [4.78, 5) is 11.8. The standard InChI is InChI=1S/C19H22ClN5O/c20-18-16(21-10-13-7-14-3-1-2-4-15(14)8-13)11-22-24-19(18)25-23-17(26)9-12-5-6-12/h1-4,11-13H,5-10H2,(H,23,26)(H2,21,24,25). The second-order valence-corrected chi connectivity index (χ2v) is 7.54. The van der Waals surface area contributed by atoms with Crippen molar-refractivity contribution in [2.45, 2.75) is 32.1 Å². The topological polar surface area (TPSA) is 78.9 Å². The van der Waals surface area contributed by atoms with Gasteiger partial charge in [0, 0.05) is 13.0 Å². The van der Waals surface area contributed by atoms with E-state index < -0.39 is 0 Å². The van der Waals surface area contributed by atoms with Crippen molar-refractivity contribution < 1.29 is 4.79 Å². The maximum absolute atomic E-state index is 11.8. The van der Waals surface area contributed by atoms with E-state index in [1.165, 1.54) is 11.1 Å². The fourth-order valence-electron chi connectivity index (χ4n) is 3.39. The largest absolute Gasteiger partial charge is 0.382 e. The van der Waals surface area contributed by atoms with Gasteiger partial charge >= 0.3 is 0 Å². The average Bonchev–Trinajstić information content (AvgIpc) is 3.35. The van der Waals surface area contributed by atoms with Gasteiger partial charge in [0.2, 0.25) is 5.91 Å². The number of nitrogens with one attached hydrogen (secondary N) is 3. The smallest absolute Gasteiger partial charge is 0.238 e. The Morgan fingerprint density at radius 3 is 2.58 bits per heavy atom.